The van der Waals surface area contributed by atoms with Gasteiger partial charge < -0.3 is 5.32 Å². The van der Waals surface area contributed by atoms with Gasteiger partial charge in [0.1, 0.15) is 6.17 Å². The van der Waals surface area contributed by atoms with Gasteiger partial charge in [-0.15, -0.1) is 0 Å². The van der Waals surface area contributed by atoms with Crippen LogP contribution in [0.25, 0.3) is 0 Å². The zero-order chi connectivity index (χ0) is 9.10. The number of likely N-dealkylation sites (tertiary alicyclic amines) is 1. The van der Waals surface area contributed by atoms with Crippen LogP contribution >= 0.6 is 0 Å². The Morgan fingerprint density at radius 2 is 1.92 bits per heavy atom. The Bertz CT molecular complexity index is 157. The van der Waals surface area contributed by atoms with Crippen molar-refractivity contribution in [2.45, 2.75) is 37.9 Å². The smallest absolute Gasteiger partial charge is 0.113 e. The van der Waals surface area contributed by atoms with Crippen molar-refractivity contribution in [1.82, 2.24) is 10.2 Å². The Balaban J connectivity index is 1.83. The molecule has 0 bridgehead atoms. The Labute approximate surface area is 79.5 Å². The van der Waals surface area contributed by atoms with Gasteiger partial charge in [-0.05, 0) is 45.3 Å². The summed E-state index contributed by atoms with van der Waals surface area (Å²) in [5.74, 6) is 0. The summed E-state index contributed by atoms with van der Waals surface area (Å²) in [6.07, 6.45) is 3.66. The summed E-state index contributed by atoms with van der Waals surface area (Å²) in [5.41, 5.74) is 0. The first-order valence-corrected chi connectivity index (χ1v) is 5.45. The van der Waals surface area contributed by atoms with Crippen molar-refractivity contribution in [3.63, 3.8) is 0 Å². The second-order valence-corrected chi connectivity index (χ2v) is 4.22. The molecule has 1 unspecified atom stereocenters. The lowest BCUT2D eigenvalue weighted by molar-refractivity contribution is 0.0834. The number of halogens is 1. The Morgan fingerprint density at radius 1 is 1.15 bits per heavy atom. The van der Waals surface area contributed by atoms with E-state index in [2.05, 4.69) is 10.2 Å². The van der Waals surface area contributed by atoms with Gasteiger partial charge in [-0.1, -0.05) is 0 Å². The fourth-order valence-electron chi connectivity index (χ4n) is 2.46. The molecule has 13 heavy (non-hydrogen) atoms. The number of nitrogens with zero attached hydrogens (tertiary/aromatic N) is 1. The molecule has 2 nitrogen and oxygen atoms in total. The van der Waals surface area contributed by atoms with Crippen molar-refractivity contribution < 1.29 is 4.39 Å². The molecule has 1 N–H and O–H groups in total. The third kappa shape index (κ3) is 2.41. The van der Waals surface area contributed by atoms with Crippen LogP contribution in [0.5, 0.6) is 0 Å². The van der Waals surface area contributed by atoms with Crippen molar-refractivity contribution in [2.24, 2.45) is 0 Å². The second kappa shape index (κ2) is 4.38. The highest BCUT2D eigenvalue weighted by Crippen LogP contribution is 2.19. The predicted molar refractivity (Wildman–Crippen MR) is 51.6 cm³/mol. The standard InChI is InChI=1S/C10H19FN2/c11-9-2-1-7-13(8-9)10-3-5-12-6-4-10/h9-10,12H,1-8H2. The number of hydrogen-bond acceptors (Lipinski definition) is 2. The summed E-state index contributed by atoms with van der Waals surface area (Å²) in [7, 11) is 0. The number of piperidine rings is 2. The van der Waals surface area contributed by atoms with Gasteiger partial charge in [0.25, 0.3) is 0 Å². The van der Waals surface area contributed by atoms with Crippen molar-refractivity contribution in [3.05, 3.63) is 0 Å². The zero-order valence-electron chi connectivity index (χ0n) is 8.14. The van der Waals surface area contributed by atoms with Crippen molar-refractivity contribution in [1.29, 1.82) is 0 Å². The largest absolute Gasteiger partial charge is 0.317 e. The molecular weight excluding hydrogens is 167 g/mol. The number of nitrogens with one attached hydrogen (secondary N) is 1. The van der Waals surface area contributed by atoms with Crippen molar-refractivity contribution in [2.75, 3.05) is 26.2 Å². The van der Waals surface area contributed by atoms with Gasteiger partial charge in [-0.25, -0.2) is 4.39 Å². The number of hydrogen-bond donors (Lipinski definition) is 1. The lowest BCUT2D eigenvalue weighted by atomic mass is 10.0. The lowest BCUT2D eigenvalue weighted by Gasteiger charge is -2.38. The van der Waals surface area contributed by atoms with Crippen LogP contribution < -0.4 is 5.32 Å². The molecule has 1 atom stereocenters. The first-order chi connectivity index (χ1) is 6.36. The van der Waals surface area contributed by atoms with Crippen LogP contribution in [0.1, 0.15) is 25.7 Å². The maximum atomic E-state index is 13.1. The average Bonchev–Trinajstić information content (AvgIpc) is 2.19. The first-order valence-electron chi connectivity index (χ1n) is 5.45. The van der Waals surface area contributed by atoms with E-state index in [1.165, 1.54) is 12.8 Å². The predicted octanol–water partition coefficient (Wildman–Crippen LogP) is 1.17. The van der Waals surface area contributed by atoms with E-state index in [4.69, 9.17) is 0 Å². The van der Waals surface area contributed by atoms with Crippen LogP contribution in [-0.4, -0.2) is 43.3 Å². The van der Waals surface area contributed by atoms with Crippen LogP contribution in [0.15, 0.2) is 0 Å². The Hall–Kier alpha value is -0.150. The van der Waals surface area contributed by atoms with Gasteiger partial charge in [0.05, 0.1) is 0 Å². The summed E-state index contributed by atoms with van der Waals surface area (Å²) < 4.78 is 13.1. The van der Waals surface area contributed by atoms with E-state index < -0.39 is 6.17 Å². The molecule has 0 saturated carbocycles. The minimum absolute atomic E-state index is 0.566. The monoisotopic (exact) mass is 186 g/mol. The molecule has 2 fully saturated rings. The molecular formula is C10H19FN2. The summed E-state index contributed by atoms with van der Waals surface area (Å²) in [6, 6.07) is 0.653. The van der Waals surface area contributed by atoms with Gasteiger partial charge >= 0.3 is 0 Å². The van der Waals surface area contributed by atoms with E-state index in [1.54, 1.807) is 0 Å². The molecule has 3 heteroatoms. The molecule has 2 heterocycles. The molecule has 0 radical (unpaired) electrons. The topological polar surface area (TPSA) is 15.3 Å². The van der Waals surface area contributed by atoms with Crippen LogP contribution in [0.2, 0.25) is 0 Å². The molecule has 76 valence electrons. The average molecular weight is 186 g/mol. The molecule has 0 amide bonds. The van der Waals surface area contributed by atoms with E-state index >= 15 is 0 Å². The molecule has 2 aliphatic rings. The van der Waals surface area contributed by atoms with Crippen LogP contribution in [0, 0.1) is 0 Å². The third-order valence-corrected chi connectivity index (χ3v) is 3.22. The van der Waals surface area contributed by atoms with Crippen molar-refractivity contribution in [3.8, 4) is 0 Å². The first kappa shape index (κ1) is 9.41. The summed E-state index contributed by atoms with van der Waals surface area (Å²) >= 11 is 0. The molecule has 0 spiro atoms. The van der Waals surface area contributed by atoms with Crippen LogP contribution in [0.3, 0.4) is 0 Å². The van der Waals surface area contributed by atoms with Crippen molar-refractivity contribution >= 4 is 0 Å². The van der Waals surface area contributed by atoms with E-state index in [0.29, 0.717) is 12.6 Å². The molecule has 0 aromatic heterocycles. The molecule has 0 aliphatic carbocycles. The fourth-order valence-corrected chi connectivity index (χ4v) is 2.46. The quantitative estimate of drug-likeness (QED) is 0.661. The van der Waals surface area contributed by atoms with Gasteiger partial charge in [0.2, 0.25) is 0 Å². The van der Waals surface area contributed by atoms with Crippen LogP contribution in [-0.2, 0) is 0 Å². The van der Waals surface area contributed by atoms with Gasteiger partial charge in [0, 0.05) is 12.6 Å². The van der Waals surface area contributed by atoms with Gasteiger partial charge in [-0.2, -0.15) is 0 Å². The molecule has 2 saturated heterocycles. The summed E-state index contributed by atoms with van der Waals surface area (Å²) in [6.45, 7) is 4.02. The van der Waals surface area contributed by atoms with E-state index in [1.807, 2.05) is 0 Å². The number of rotatable bonds is 1. The maximum Gasteiger partial charge on any atom is 0.113 e. The summed E-state index contributed by atoms with van der Waals surface area (Å²) in [5, 5.41) is 3.34. The minimum Gasteiger partial charge on any atom is -0.317 e. The molecule has 2 aliphatic heterocycles. The van der Waals surface area contributed by atoms with E-state index in [0.717, 1.165) is 32.5 Å². The Kier molecular flexibility index (Phi) is 3.17. The maximum absolute atomic E-state index is 13.1. The molecule has 0 aromatic rings. The third-order valence-electron chi connectivity index (χ3n) is 3.22. The fraction of sp³-hybridized carbons (Fsp3) is 1.00. The van der Waals surface area contributed by atoms with Gasteiger partial charge in [0.15, 0.2) is 0 Å². The zero-order valence-corrected chi connectivity index (χ0v) is 8.14. The van der Waals surface area contributed by atoms with Gasteiger partial charge in [-0.3, -0.25) is 4.90 Å². The minimum atomic E-state index is -0.566. The normalized spacial score (nSPS) is 33.5. The van der Waals surface area contributed by atoms with E-state index in [-0.39, 0.29) is 0 Å². The highest BCUT2D eigenvalue weighted by atomic mass is 19.1. The second-order valence-electron chi connectivity index (χ2n) is 4.22. The Morgan fingerprint density at radius 3 is 2.62 bits per heavy atom. The van der Waals surface area contributed by atoms with E-state index in [9.17, 15) is 4.39 Å². The molecule has 2 rings (SSSR count). The summed E-state index contributed by atoms with van der Waals surface area (Å²) in [4.78, 5) is 2.36. The molecule has 0 aromatic carbocycles. The SMILES string of the molecule is FC1CCCN(C2CCNCC2)C1. The highest BCUT2D eigenvalue weighted by Gasteiger charge is 2.26. The number of alkyl halides is 1. The highest BCUT2D eigenvalue weighted by molar-refractivity contribution is 4.82. The lowest BCUT2D eigenvalue weighted by Crippen LogP contribution is -2.47. The van der Waals surface area contributed by atoms with Crippen LogP contribution in [0.4, 0.5) is 4.39 Å².